The van der Waals surface area contributed by atoms with E-state index in [0.717, 1.165) is 32.6 Å². The second-order valence-electron chi connectivity index (χ2n) is 11.9. The predicted molar refractivity (Wildman–Crippen MR) is 175 cm³/mol. The van der Waals surface area contributed by atoms with Crippen molar-refractivity contribution >= 4 is 34.6 Å². The standard InChI is InChI=1S/C37H34N4O7/c42-21-24-10-12-26(13-11-24)33-18-29(20-40-23-38-30-8-4-5-9-32(30)40)47-36(48-33)27-14-16-28(17-15-27)41-34(43)19-31(35(41)44)39-37(45)46-22-25-6-2-1-3-7-25/h1-17,23,29,31,33,36,42H,18-22H2,(H,39,45)/t29-,31?,33+,36+/m0/s1. The van der Waals surface area contributed by atoms with Gasteiger partial charge in [-0.2, -0.15) is 0 Å². The predicted octanol–water partition coefficient (Wildman–Crippen LogP) is 5.33. The number of alkyl carbamates (subject to hydrolysis) is 1. The van der Waals surface area contributed by atoms with Crippen LogP contribution >= 0.6 is 0 Å². The van der Waals surface area contributed by atoms with Crippen molar-refractivity contribution in [1.82, 2.24) is 14.9 Å². The van der Waals surface area contributed by atoms with Crippen LogP contribution in [0.4, 0.5) is 10.5 Å². The highest BCUT2D eigenvalue weighted by Crippen LogP contribution is 2.39. The summed E-state index contributed by atoms with van der Waals surface area (Å²) in [6.07, 6.45) is 0.231. The molecule has 2 aliphatic rings. The Labute approximate surface area is 276 Å². The minimum absolute atomic E-state index is 0.0443. The summed E-state index contributed by atoms with van der Waals surface area (Å²) in [5, 5.41) is 12.0. The van der Waals surface area contributed by atoms with E-state index < -0.39 is 30.2 Å². The van der Waals surface area contributed by atoms with Crippen LogP contribution in [0.1, 0.15) is 47.5 Å². The summed E-state index contributed by atoms with van der Waals surface area (Å²) in [4.78, 5) is 44.1. The molecule has 7 rings (SSSR count). The van der Waals surface area contributed by atoms with Gasteiger partial charge in [-0.05, 0) is 41.0 Å². The third kappa shape index (κ3) is 6.70. The summed E-state index contributed by atoms with van der Waals surface area (Å²) >= 11 is 0. The first kappa shape index (κ1) is 31.3. The Bertz CT molecular complexity index is 1910. The fourth-order valence-electron chi connectivity index (χ4n) is 6.11. The molecule has 244 valence electrons. The average molecular weight is 647 g/mol. The molecule has 5 aromatic rings. The summed E-state index contributed by atoms with van der Waals surface area (Å²) in [6.45, 7) is 0.562. The van der Waals surface area contributed by atoms with Gasteiger partial charge in [0.1, 0.15) is 12.6 Å². The van der Waals surface area contributed by atoms with Crippen LogP contribution in [0.25, 0.3) is 11.0 Å². The number of imide groups is 1. The molecule has 48 heavy (non-hydrogen) atoms. The monoisotopic (exact) mass is 646 g/mol. The van der Waals surface area contributed by atoms with Gasteiger partial charge < -0.3 is 29.2 Å². The summed E-state index contributed by atoms with van der Waals surface area (Å²) < 4.78 is 20.3. The van der Waals surface area contributed by atoms with Gasteiger partial charge in [0.25, 0.3) is 5.91 Å². The van der Waals surface area contributed by atoms with Crippen molar-refractivity contribution in [2.45, 2.75) is 57.1 Å². The van der Waals surface area contributed by atoms with E-state index in [0.29, 0.717) is 24.2 Å². The molecule has 4 aromatic carbocycles. The molecule has 0 radical (unpaired) electrons. The quantitative estimate of drug-likeness (QED) is 0.206. The highest BCUT2D eigenvalue weighted by atomic mass is 16.7. The van der Waals surface area contributed by atoms with E-state index >= 15 is 0 Å². The van der Waals surface area contributed by atoms with Gasteiger partial charge in [-0.3, -0.25) is 9.59 Å². The van der Waals surface area contributed by atoms with E-state index in [-0.39, 0.29) is 31.8 Å². The number of para-hydroxylation sites is 2. The Kier molecular flexibility index (Phi) is 8.97. The zero-order chi connectivity index (χ0) is 33.0. The summed E-state index contributed by atoms with van der Waals surface area (Å²) in [6, 6.07) is 30.7. The molecule has 0 saturated carbocycles. The number of aliphatic hydroxyl groups excluding tert-OH is 1. The maximum absolute atomic E-state index is 13.2. The number of carbonyl (C=O) groups is 3. The Hall–Kier alpha value is -5.36. The van der Waals surface area contributed by atoms with Crippen LogP contribution in [0.3, 0.4) is 0 Å². The normalized spacial score (nSPS) is 21.1. The highest BCUT2D eigenvalue weighted by molar-refractivity contribution is 6.22. The molecule has 4 atom stereocenters. The lowest BCUT2D eigenvalue weighted by atomic mass is 10.00. The third-order valence-corrected chi connectivity index (χ3v) is 8.62. The van der Waals surface area contributed by atoms with Gasteiger partial charge in [0, 0.05) is 12.0 Å². The van der Waals surface area contributed by atoms with E-state index in [9.17, 15) is 19.5 Å². The molecule has 0 aliphatic carbocycles. The van der Waals surface area contributed by atoms with Crippen LogP contribution in [-0.2, 0) is 43.6 Å². The van der Waals surface area contributed by atoms with Gasteiger partial charge in [-0.15, -0.1) is 0 Å². The lowest BCUT2D eigenvalue weighted by molar-refractivity contribution is -0.252. The number of imidazole rings is 1. The summed E-state index contributed by atoms with van der Waals surface area (Å²) in [5.74, 6) is -0.959. The van der Waals surface area contributed by atoms with Gasteiger partial charge >= 0.3 is 6.09 Å². The highest BCUT2D eigenvalue weighted by Gasteiger charge is 2.41. The van der Waals surface area contributed by atoms with Crippen LogP contribution in [-0.4, -0.2) is 44.7 Å². The molecule has 0 bridgehead atoms. The minimum atomic E-state index is -1.02. The zero-order valence-electron chi connectivity index (χ0n) is 26.0. The number of amides is 3. The Morgan fingerprint density at radius 3 is 2.38 bits per heavy atom. The number of aliphatic hydroxyl groups is 1. The maximum Gasteiger partial charge on any atom is 0.408 e. The maximum atomic E-state index is 13.2. The van der Waals surface area contributed by atoms with E-state index in [1.165, 1.54) is 0 Å². The number of nitrogens with zero attached hydrogens (tertiary/aromatic N) is 3. The van der Waals surface area contributed by atoms with Crippen LogP contribution in [0.5, 0.6) is 0 Å². The number of rotatable bonds is 9. The van der Waals surface area contributed by atoms with Gasteiger partial charge in [0.2, 0.25) is 5.91 Å². The van der Waals surface area contributed by atoms with Gasteiger partial charge in [-0.25, -0.2) is 14.7 Å². The topological polar surface area (TPSA) is 132 Å². The van der Waals surface area contributed by atoms with Gasteiger partial charge in [0.15, 0.2) is 6.29 Å². The molecule has 11 heteroatoms. The summed E-state index contributed by atoms with van der Waals surface area (Å²) in [5.41, 5.74) is 5.59. The number of anilines is 1. The van der Waals surface area contributed by atoms with Crippen molar-refractivity contribution in [2.75, 3.05) is 4.90 Å². The van der Waals surface area contributed by atoms with Crippen LogP contribution < -0.4 is 10.2 Å². The largest absolute Gasteiger partial charge is 0.445 e. The smallest absolute Gasteiger partial charge is 0.408 e. The molecule has 2 aliphatic heterocycles. The van der Waals surface area contributed by atoms with E-state index in [2.05, 4.69) is 14.9 Å². The number of benzene rings is 4. The number of ether oxygens (including phenoxy) is 3. The Morgan fingerprint density at radius 1 is 0.875 bits per heavy atom. The molecular weight excluding hydrogens is 612 g/mol. The van der Waals surface area contributed by atoms with Crippen molar-refractivity contribution in [3.05, 3.63) is 132 Å². The fraction of sp³-hybridized carbons (Fsp3) is 0.243. The molecule has 1 aromatic heterocycles. The van der Waals surface area contributed by atoms with Crippen molar-refractivity contribution in [2.24, 2.45) is 0 Å². The first-order valence-corrected chi connectivity index (χ1v) is 15.8. The van der Waals surface area contributed by atoms with Crippen LogP contribution in [0.2, 0.25) is 0 Å². The number of hydrogen-bond acceptors (Lipinski definition) is 8. The first-order valence-electron chi connectivity index (χ1n) is 15.8. The number of fused-ring (bicyclic) bond motifs is 1. The van der Waals surface area contributed by atoms with Gasteiger partial charge in [0.05, 0.1) is 54.8 Å². The Balaban J connectivity index is 1.05. The minimum Gasteiger partial charge on any atom is -0.445 e. The molecule has 0 spiro atoms. The lowest BCUT2D eigenvalue weighted by Crippen LogP contribution is -2.42. The SMILES string of the molecule is O=C(NC1CC(=O)N(c2ccc([C@@H]3O[C@H](Cn4cnc5ccccc54)C[C@H](c4ccc(CO)cc4)O3)cc2)C1=O)OCc1ccccc1. The third-order valence-electron chi connectivity index (χ3n) is 8.62. The first-order chi connectivity index (χ1) is 23.4. The number of nitrogens with one attached hydrogen (secondary N) is 1. The second-order valence-corrected chi connectivity index (χ2v) is 11.9. The molecule has 11 nitrogen and oxygen atoms in total. The van der Waals surface area contributed by atoms with Gasteiger partial charge in [-0.1, -0.05) is 78.9 Å². The van der Waals surface area contributed by atoms with Crippen LogP contribution in [0.15, 0.2) is 109 Å². The molecule has 1 unspecified atom stereocenters. The van der Waals surface area contributed by atoms with Crippen molar-refractivity contribution in [3.8, 4) is 0 Å². The molecule has 3 amide bonds. The zero-order valence-corrected chi connectivity index (χ0v) is 26.0. The molecule has 2 saturated heterocycles. The second kappa shape index (κ2) is 13.8. The van der Waals surface area contributed by atoms with Crippen molar-refractivity contribution < 1.29 is 33.7 Å². The molecule has 2 N–H and O–H groups in total. The number of carbonyl (C=O) groups excluding carboxylic acids is 3. The molecule has 3 heterocycles. The summed E-state index contributed by atoms with van der Waals surface area (Å²) in [7, 11) is 0. The lowest BCUT2D eigenvalue weighted by Gasteiger charge is -2.36. The molecular formula is C37H34N4O7. The average Bonchev–Trinajstić information content (AvgIpc) is 3.66. The van der Waals surface area contributed by atoms with E-state index in [4.69, 9.17) is 14.2 Å². The van der Waals surface area contributed by atoms with Crippen molar-refractivity contribution in [1.29, 1.82) is 0 Å². The van der Waals surface area contributed by atoms with E-state index in [1.807, 2.05) is 85.2 Å². The number of hydrogen-bond donors (Lipinski definition) is 2. The fourth-order valence-corrected chi connectivity index (χ4v) is 6.11. The van der Waals surface area contributed by atoms with E-state index in [1.54, 1.807) is 24.3 Å². The Morgan fingerprint density at radius 2 is 1.60 bits per heavy atom. The molecule has 2 fully saturated rings. The number of aromatic nitrogens is 2. The van der Waals surface area contributed by atoms with Crippen LogP contribution in [0, 0.1) is 0 Å². The van der Waals surface area contributed by atoms with Crippen molar-refractivity contribution in [3.63, 3.8) is 0 Å².